The van der Waals surface area contributed by atoms with Gasteiger partial charge in [0.15, 0.2) is 16.5 Å². The fourth-order valence-corrected chi connectivity index (χ4v) is 2.93. The van der Waals surface area contributed by atoms with Crippen molar-refractivity contribution in [3.63, 3.8) is 0 Å². The molecule has 0 unspecified atom stereocenters. The predicted octanol–water partition coefficient (Wildman–Crippen LogP) is 1.77. The monoisotopic (exact) mass is 375 g/mol. The van der Waals surface area contributed by atoms with E-state index in [1.54, 1.807) is 19.1 Å². The van der Waals surface area contributed by atoms with Crippen LogP contribution in [-0.2, 0) is 10.7 Å². The van der Waals surface area contributed by atoms with E-state index in [-0.39, 0.29) is 11.4 Å². The number of nitrogens with zero attached hydrogens (tertiary/aromatic N) is 3. The van der Waals surface area contributed by atoms with Gasteiger partial charge in [0.1, 0.15) is 17.7 Å². The van der Waals surface area contributed by atoms with E-state index in [2.05, 4.69) is 20.7 Å². The number of thiol groups is 1. The van der Waals surface area contributed by atoms with Gasteiger partial charge in [-0.3, -0.25) is 0 Å². The number of benzene rings is 1. The Hall–Kier alpha value is -3.14. The summed E-state index contributed by atoms with van der Waals surface area (Å²) in [5, 5.41) is 19.3. The second-order valence-electron chi connectivity index (χ2n) is 5.70. The minimum Gasteiger partial charge on any atom is -0.478 e. The van der Waals surface area contributed by atoms with E-state index in [1.165, 1.54) is 17.0 Å². The molecule has 0 spiro atoms. The van der Waals surface area contributed by atoms with Gasteiger partial charge in [-0.1, -0.05) is 6.07 Å². The molecule has 0 bridgehead atoms. The van der Waals surface area contributed by atoms with Gasteiger partial charge >= 0.3 is 5.97 Å². The van der Waals surface area contributed by atoms with Gasteiger partial charge in [0.2, 0.25) is 0 Å². The molecule has 0 amide bonds. The van der Waals surface area contributed by atoms with Gasteiger partial charge in [0, 0.05) is 17.6 Å². The molecule has 26 heavy (non-hydrogen) atoms. The Morgan fingerprint density at radius 3 is 2.77 bits per heavy atom. The van der Waals surface area contributed by atoms with Gasteiger partial charge in [-0.15, -0.1) is 0 Å². The average Bonchev–Trinajstić information content (AvgIpc) is 2.93. The third-order valence-corrected chi connectivity index (χ3v) is 4.38. The molecule has 1 aromatic carbocycles. The van der Waals surface area contributed by atoms with Crippen molar-refractivity contribution >= 4 is 39.4 Å². The molecule has 3 aromatic rings. The Balaban J connectivity index is 2.01. The van der Waals surface area contributed by atoms with E-state index in [1.807, 2.05) is 13.0 Å². The summed E-state index contributed by atoms with van der Waals surface area (Å²) in [6, 6.07) is 5.39. The highest BCUT2D eigenvalue weighted by molar-refractivity contribution is 7.72. The molecule has 0 aliphatic rings. The molecule has 0 saturated heterocycles. The number of aromatic nitrogens is 3. The van der Waals surface area contributed by atoms with Crippen LogP contribution in [-0.4, -0.2) is 40.0 Å². The largest absolute Gasteiger partial charge is 0.478 e. The SMILES string of the molecule is Cc1ccc(NC[SH](=O)=O)cc1Nc1ncnn2cc(C(=O)O)c(C)c12. The number of carboxylic acids is 1. The highest BCUT2D eigenvalue weighted by Crippen LogP contribution is 2.28. The molecule has 0 fully saturated rings. The summed E-state index contributed by atoms with van der Waals surface area (Å²) in [6.07, 6.45) is 2.77. The normalized spacial score (nSPS) is 11.0. The number of aromatic carboxylic acids is 1. The quantitative estimate of drug-likeness (QED) is 0.480. The molecular weight excluding hydrogens is 358 g/mol. The third kappa shape index (κ3) is 3.45. The number of rotatable bonds is 6. The van der Waals surface area contributed by atoms with E-state index >= 15 is 0 Å². The van der Waals surface area contributed by atoms with Crippen molar-refractivity contribution in [1.82, 2.24) is 14.6 Å². The number of nitrogens with one attached hydrogen (secondary N) is 2. The zero-order valence-corrected chi connectivity index (χ0v) is 14.9. The molecule has 136 valence electrons. The van der Waals surface area contributed by atoms with Crippen LogP contribution >= 0.6 is 0 Å². The van der Waals surface area contributed by atoms with Crippen LogP contribution in [0.25, 0.3) is 5.52 Å². The molecular formula is C16H17N5O4S. The highest BCUT2D eigenvalue weighted by Gasteiger charge is 2.17. The second kappa shape index (κ2) is 7.00. The second-order valence-corrected chi connectivity index (χ2v) is 6.68. The van der Waals surface area contributed by atoms with Crippen molar-refractivity contribution in [3.8, 4) is 0 Å². The lowest BCUT2D eigenvalue weighted by molar-refractivity contribution is 0.0696. The van der Waals surface area contributed by atoms with Gasteiger partial charge in [0.25, 0.3) is 0 Å². The zero-order valence-electron chi connectivity index (χ0n) is 14.1. The topological polar surface area (TPSA) is 126 Å². The molecule has 0 atom stereocenters. The Morgan fingerprint density at radius 1 is 1.31 bits per heavy atom. The van der Waals surface area contributed by atoms with Crippen LogP contribution < -0.4 is 10.6 Å². The molecule has 10 heteroatoms. The van der Waals surface area contributed by atoms with Crippen LogP contribution in [0.4, 0.5) is 17.2 Å². The molecule has 0 saturated carbocycles. The highest BCUT2D eigenvalue weighted by atomic mass is 32.2. The molecule has 2 heterocycles. The van der Waals surface area contributed by atoms with Crippen molar-refractivity contribution in [1.29, 1.82) is 0 Å². The Morgan fingerprint density at radius 2 is 2.08 bits per heavy atom. The molecule has 0 aliphatic heterocycles. The van der Waals surface area contributed by atoms with Crippen LogP contribution in [0.15, 0.2) is 30.7 Å². The predicted molar refractivity (Wildman–Crippen MR) is 97.9 cm³/mol. The number of anilines is 3. The minimum atomic E-state index is -2.53. The van der Waals surface area contributed by atoms with Crippen molar-refractivity contribution in [2.75, 3.05) is 16.5 Å². The first-order valence-corrected chi connectivity index (χ1v) is 9.02. The summed E-state index contributed by atoms with van der Waals surface area (Å²) in [4.78, 5) is 15.6. The van der Waals surface area contributed by atoms with E-state index < -0.39 is 16.7 Å². The first-order valence-electron chi connectivity index (χ1n) is 7.66. The van der Waals surface area contributed by atoms with E-state index in [9.17, 15) is 18.3 Å². The average molecular weight is 375 g/mol. The summed E-state index contributed by atoms with van der Waals surface area (Å²) < 4.78 is 23.0. The van der Waals surface area contributed by atoms with Crippen molar-refractivity contribution in [3.05, 3.63) is 47.4 Å². The van der Waals surface area contributed by atoms with Gasteiger partial charge in [-0.2, -0.15) is 5.10 Å². The van der Waals surface area contributed by atoms with Crippen LogP contribution in [0.3, 0.4) is 0 Å². The standard InChI is InChI=1S/C16H17N5O4S/c1-9-3-4-11(18-8-26(24)25)5-13(9)20-15-14-10(2)12(16(22)23)6-21(14)19-7-17-15/h3-7,18,26H,8H2,1-2H3,(H,22,23)(H,17,19,20). The molecule has 0 aliphatic carbocycles. The number of carbonyl (C=O) groups is 1. The third-order valence-electron chi connectivity index (χ3n) is 3.96. The summed E-state index contributed by atoms with van der Waals surface area (Å²) in [5.74, 6) is -0.733. The van der Waals surface area contributed by atoms with Gasteiger partial charge in [-0.05, 0) is 37.1 Å². The molecule has 9 nitrogen and oxygen atoms in total. The maximum absolute atomic E-state index is 11.3. The van der Waals surface area contributed by atoms with Gasteiger partial charge < -0.3 is 15.7 Å². The molecule has 3 N–H and O–H groups in total. The number of carboxylic acid groups (broad SMARTS) is 1. The fourth-order valence-electron chi connectivity index (χ4n) is 2.62. The summed E-state index contributed by atoms with van der Waals surface area (Å²) in [5.41, 5.74) is 3.54. The van der Waals surface area contributed by atoms with Crippen LogP contribution in [0.1, 0.15) is 21.5 Å². The van der Waals surface area contributed by atoms with Gasteiger partial charge in [-0.25, -0.2) is 22.7 Å². The smallest absolute Gasteiger partial charge is 0.337 e. The first kappa shape index (κ1) is 17.7. The summed E-state index contributed by atoms with van der Waals surface area (Å²) in [6.45, 7) is 3.59. The van der Waals surface area contributed by atoms with Crippen LogP contribution in [0, 0.1) is 13.8 Å². The maximum Gasteiger partial charge on any atom is 0.337 e. The minimum absolute atomic E-state index is 0.153. The lowest BCUT2D eigenvalue weighted by atomic mass is 10.1. The summed E-state index contributed by atoms with van der Waals surface area (Å²) in [7, 11) is -2.53. The molecule has 2 aromatic heterocycles. The van der Waals surface area contributed by atoms with Crippen molar-refractivity contribution in [2.45, 2.75) is 13.8 Å². The number of hydrogen-bond donors (Lipinski definition) is 4. The van der Waals surface area contributed by atoms with E-state index in [0.717, 1.165) is 5.56 Å². The van der Waals surface area contributed by atoms with Gasteiger partial charge in [0.05, 0.1) is 5.56 Å². The first-order chi connectivity index (χ1) is 12.4. The maximum atomic E-state index is 11.3. The van der Waals surface area contributed by atoms with E-state index in [0.29, 0.717) is 28.3 Å². The van der Waals surface area contributed by atoms with Crippen molar-refractivity contribution < 1.29 is 18.3 Å². The van der Waals surface area contributed by atoms with E-state index in [4.69, 9.17) is 0 Å². The number of hydrogen-bond acceptors (Lipinski definition) is 7. The Kier molecular flexibility index (Phi) is 4.76. The zero-order chi connectivity index (χ0) is 18.8. The summed E-state index contributed by atoms with van der Waals surface area (Å²) >= 11 is 0. The lowest BCUT2D eigenvalue weighted by Crippen LogP contribution is -2.05. The fraction of sp³-hybridized carbons (Fsp3) is 0.188. The lowest BCUT2D eigenvalue weighted by Gasteiger charge is -2.12. The molecule has 3 rings (SSSR count). The van der Waals surface area contributed by atoms with Crippen LogP contribution in [0.2, 0.25) is 0 Å². The Labute approximate surface area is 150 Å². The molecule has 0 radical (unpaired) electrons. The van der Waals surface area contributed by atoms with Crippen LogP contribution in [0.5, 0.6) is 0 Å². The number of aryl methyl sites for hydroxylation is 2. The van der Waals surface area contributed by atoms with Crippen molar-refractivity contribution in [2.24, 2.45) is 0 Å². The number of fused-ring (bicyclic) bond motifs is 1. The Bertz CT molecular complexity index is 1070.